The van der Waals surface area contributed by atoms with Crippen molar-refractivity contribution in [3.05, 3.63) is 24.2 Å². The van der Waals surface area contributed by atoms with Gasteiger partial charge in [0.25, 0.3) is 5.91 Å². The zero-order valence-electron chi connectivity index (χ0n) is 12.5. The van der Waals surface area contributed by atoms with E-state index in [2.05, 4.69) is 5.32 Å². The average molecular weight is 324 g/mol. The maximum Gasteiger partial charge on any atom is 0.287 e. The summed E-state index contributed by atoms with van der Waals surface area (Å²) in [6, 6.07) is 2.60. The number of carbonyl (C=O) groups is 3. The Hall–Kier alpha value is -1.76. The maximum absolute atomic E-state index is 12.6. The largest absolute Gasteiger partial charge is 0.459 e. The summed E-state index contributed by atoms with van der Waals surface area (Å²) in [7, 11) is 0. The number of Topliss-reactive ketones (excluding diaryl/α,β-unsaturated/α-hetero) is 1. The molecule has 1 atom stereocenters. The first-order valence-electron chi connectivity index (χ1n) is 7.25. The molecule has 0 spiro atoms. The van der Waals surface area contributed by atoms with E-state index >= 15 is 0 Å². The highest BCUT2D eigenvalue weighted by Gasteiger charge is 2.29. The van der Waals surface area contributed by atoms with Crippen molar-refractivity contribution in [2.45, 2.75) is 25.3 Å². The van der Waals surface area contributed by atoms with Gasteiger partial charge in [-0.05, 0) is 30.6 Å². The normalized spacial score (nSPS) is 16.4. The van der Waals surface area contributed by atoms with E-state index in [9.17, 15) is 14.4 Å². The number of carbonyl (C=O) groups excluding carboxylic acids is 3. The monoisotopic (exact) mass is 324 g/mol. The predicted molar refractivity (Wildman–Crippen MR) is 83.8 cm³/mol. The third-order valence-corrected chi connectivity index (χ3v) is 4.24. The smallest absolute Gasteiger partial charge is 0.287 e. The number of hydrogen-bond acceptors (Lipinski definition) is 5. The van der Waals surface area contributed by atoms with E-state index in [0.717, 1.165) is 5.75 Å². The SMILES string of the molecule is CSCC[C@@H](NC(=O)c1ccco1)C(=O)N1CCC(=O)CC1. The first kappa shape index (κ1) is 16.6. The van der Waals surface area contributed by atoms with Crippen LogP contribution in [0.25, 0.3) is 0 Å². The van der Waals surface area contributed by atoms with E-state index in [1.54, 1.807) is 28.8 Å². The van der Waals surface area contributed by atoms with Crippen LogP contribution in [-0.2, 0) is 9.59 Å². The van der Waals surface area contributed by atoms with E-state index in [1.165, 1.54) is 6.26 Å². The van der Waals surface area contributed by atoms with Crippen molar-refractivity contribution in [3.8, 4) is 0 Å². The average Bonchev–Trinajstić information content (AvgIpc) is 3.06. The Labute approximate surface area is 133 Å². The van der Waals surface area contributed by atoms with Crippen molar-refractivity contribution >= 4 is 29.4 Å². The van der Waals surface area contributed by atoms with E-state index in [1.807, 2.05) is 6.26 Å². The summed E-state index contributed by atoms with van der Waals surface area (Å²) < 4.78 is 5.05. The van der Waals surface area contributed by atoms with Crippen LogP contribution in [0.5, 0.6) is 0 Å². The zero-order valence-corrected chi connectivity index (χ0v) is 13.4. The molecule has 0 aliphatic carbocycles. The molecular formula is C15H20N2O4S. The number of ketones is 1. The van der Waals surface area contributed by atoms with Gasteiger partial charge in [-0.2, -0.15) is 11.8 Å². The number of nitrogens with one attached hydrogen (secondary N) is 1. The van der Waals surface area contributed by atoms with Crippen LogP contribution in [0.3, 0.4) is 0 Å². The standard InChI is InChI=1S/C15H20N2O4S/c1-22-10-6-12(16-14(19)13-3-2-9-21-13)15(20)17-7-4-11(18)5-8-17/h2-3,9,12H,4-8,10H2,1H3,(H,16,19)/t12-/m1/s1. The molecule has 2 amide bonds. The Morgan fingerprint density at radius 1 is 1.41 bits per heavy atom. The number of rotatable bonds is 6. The fraction of sp³-hybridized carbons (Fsp3) is 0.533. The summed E-state index contributed by atoms with van der Waals surface area (Å²) >= 11 is 1.62. The van der Waals surface area contributed by atoms with Crippen LogP contribution >= 0.6 is 11.8 Å². The number of piperidine rings is 1. The fourth-order valence-electron chi connectivity index (χ4n) is 2.33. The van der Waals surface area contributed by atoms with Gasteiger partial charge in [0, 0.05) is 25.9 Å². The van der Waals surface area contributed by atoms with Crippen molar-refractivity contribution < 1.29 is 18.8 Å². The zero-order chi connectivity index (χ0) is 15.9. The van der Waals surface area contributed by atoms with Gasteiger partial charge in [-0.3, -0.25) is 14.4 Å². The molecule has 0 radical (unpaired) electrons. The topological polar surface area (TPSA) is 79.6 Å². The van der Waals surface area contributed by atoms with Crippen LogP contribution in [0.4, 0.5) is 0 Å². The van der Waals surface area contributed by atoms with Crippen LogP contribution in [0.2, 0.25) is 0 Å². The molecule has 0 saturated carbocycles. The molecule has 0 bridgehead atoms. The minimum atomic E-state index is -0.585. The van der Waals surface area contributed by atoms with Gasteiger partial charge in [0.2, 0.25) is 5.91 Å². The van der Waals surface area contributed by atoms with Gasteiger partial charge >= 0.3 is 0 Å². The molecule has 1 fully saturated rings. The number of likely N-dealkylation sites (tertiary alicyclic amines) is 1. The van der Waals surface area contributed by atoms with E-state index < -0.39 is 11.9 Å². The molecule has 0 aromatic carbocycles. The summed E-state index contributed by atoms with van der Waals surface area (Å²) in [6.45, 7) is 0.869. The first-order valence-corrected chi connectivity index (χ1v) is 8.65. The van der Waals surface area contributed by atoms with Crippen molar-refractivity contribution in [3.63, 3.8) is 0 Å². The molecule has 1 aliphatic heterocycles. The van der Waals surface area contributed by atoms with Gasteiger partial charge < -0.3 is 14.6 Å². The molecule has 22 heavy (non-hydrogen) atoms. The number of nitrogens with zero attached hydrogens (tertiary/aromatic N) is 1. The summed E-state index contributed by atoms with van der Waals surface area (Å²) in [6.07, 6.45) is 4.72. The molecule has 1 aromatic rings. The maximum atomic E-state index is 12.6. The van der Waals surface area contributed by atoms with Crippen molar-refractivity contribution in [2.24, 2.45) is 0 Å². The molecule has 120 valence electrons. The minimum Gasteiger partial charge on any atom is -0.459 e. The molecule has 6 nitrogen and oxygen atoms in total. The van der Waals surface area contributed by atoms with E-state index in [4.69, 9.17) is 4.42 Å². The van der Waals surface area contributed by atoms with Gasteiger partial charge in [-0.25, -0.2) is 0 Å². The van der Waals surface area contributed by atoms with Gasteiger partial charge in [-0.1, -0.05) is 0 Å². The summed E-state index contributed by atoms with van der Waals surface area (Å²) in [5, 5.41) is 2.74. The van der Waals surface area contributed by atoms with Crippen molar-refractivity contribution in [1.82, 2.24) is 10.2 Å². The second-order valence-electron chi connectivity index (χ2n) is 5.15. The van der Waals surface area contributed by atoms with Gasteiger partial charge in [0.15, 0.2) is 5.76 Å². The van der Waals surface area contributed by atoms with Gasteiger partial charge in [0.05, 0.1) is 6.26 Å². The van der Waals surface area contributed by atoms with E-state index in [0.29, 0.717) is 32.4 Å². The Kier molecular flexibility index (Phi) is 6.06. The second kappa shape index (κ2) is 8.03. The van der Waals surface area contributed by atoms with Crippen LogP contribution in [-0.4, -0.2) is 53.6 Å². The lowest BCUT2D eigenvalue weighted by Crippen LogP contribution is -2.51. The van der Waals surface area contributed by atoms with E-state index in [-0.39, 0.29) is 17.5 Å². The number of hydrogen-bond donors (Lipinski definition) is 1. The van der Waals surface area contributed by atoms with Crippen LogP contribution in [0.15, 0.2) is 22.8 Å². The molecule has 7 heteroatoms. The lowest BCUT2D eigenvalue weighted by Gasteiger charge is -2.30. The number of thioether (sulfide) groups is 1. The molecule has 1 aliphatic rings. The molecule has 1 saturated heterocycles. The van der Waals surface area contributed by atoms with Gasteiger partial charge in [-0.15, -0.1) is 0 Å². The molecule has 1 aromatic heterocycles. The van der Waals surface area contributed by atoms with Crippen LogP contribution in [0, 0.1) is 0 Å². The number of furan rings is 1. The summed E-state index contributed by atoms with van der Waals surface area (Å²) in [5.41, 5.74) is 0. The Balaban J connectivity index is 1.99. The highest BCUT2D eigenvalue weighted by atomic mass is 32.2. The molecule has 2 heterocycles. The fourth-order valence-corrected chi connectivity index (χ4v) is 2.80. The van der Waals surface area contributed by atoms with Crippen molar-refractivity contribution in [1.29, 1.82) is 0 Å². The Morgan fingerprint density at radius 3 is 2.73 bits per heavy atom. The first-order chi connectivity index (χ1) is 10.6. The van der Waals surface area contributed by atoms with Gasteiger partial charge in [0.1, 0.15) is 11.8 Å². The van der Waals surface area contributed by atoms with Crippen LogP contribution in [0.1, 0.15) is 29.8 Å². The van der Waals surface area contributed by atoms with Crippen LogP contribution < -0.4 is 5.32 Å². The second-order valence-corrected chi connectivity index (χ2v) is 6.13. The molecular weight excluding hydrogens is 304 g/mol. The highest BCUT2D eigenvalue weighted by molar-refractivity contribution is 7.98. The lowest BCUT2D eigenvalue weighted by molar-refractivity contribution is -0.136. The molecule has 1 N–H and O–H groups in total. The number of amides is 2. The molecule has 2 rings (SSSR count). The lowest BCUT2D eigenvalue weighted by atomic mass is 10.1. The predicted octanol–water partition coefficient (Wildman–Crippen LogP) is 1.32. The molecule has 0 unspecified atom stereocenters. The Morgan fingerprint density at radius 2 is 2.14 bits per heavy atom. The minimum absolute atomic E-state index is 0.124. The third kappa shape index (κ3) is 4.37. The highest BCUT2D eigenvalue weighted by Crippen LogP contribution is 2.11. The third-order valence-electron chi connectivity index (χ3n) is 3.59. The summed E-state index contributed by atoms with van der Waals surface area (Å²) in [5.74, 6) is 0.626. The Bertz CT molecular complexity index is 520. The quantitative estimate of drug-likeness (QED) is 0.854. The van der Waals surface area contributed by atoms with Crippen molar-refractivity contribution in [2.75, 3.05) is 25.1 Å². The summed E-state index contributed by atoms with van der Waals surface area (Å²) in [4.78, 5) is 37.6.